The van der Waals surface area contributed by atoms with Gasteiger partial charge in [0.15, 0.2) is 4.91 Å². The van der Waals surface area contributed by atoms with E-state index in [2.05, 4.69) is 5.32 Å². The van der Waals surface area contributed by atoms with Crippen LogP contribution in [0.25, 0.3) is 0 Å². The molecule has 0 unspecified atom stereocenters. The monoisotopic (exact) mass is 452 g/mol. The van der Waals surface area contributed by atoms with Gasteiger partial charge in [-0.15, -0.1) is 0 Å². The Morgan fingerprint density at radius 3 is 2.52 bits per heavy atom. The van der Waals surface area contributed by atoms with E-state index in [1.807, 2.05) is 38.1 Å². The van der Waals surface area contributed by atoms with Crippen LogP contribution >= 0.6 is 11.6 Å². The Hall–Kier alpha value is -3.09. The number of sulfonamides is 1. The predicted molar refractivity (Wildman–Crippen MR) is 125 cm³/mol. The van der Waals surface area contributed by atoms with Gasteiger partial charge in [-0.2, -0.15) is 0 Å². The van der Waals surface area contributed by atoms with E-state index in [1.165, 1.54) is 10.5 Å². The molecule has 0 amide bonds. The molecule has 3 aromatic carbocycles. The summed E-state index contributed by atoms with van der Waals surface area (Å²) in [6, 6.07) is 19.7. The van der Waals surface area contributed by atoms with Crippen molar-refractivity contribution in [1.29, 1.82) is 0 Å². The zero-order chi connectivity index (χ0) is 22.2. The number of fused-ring (bicyclic) bond motifs is 1. The van der Waals surface area contributed by atoms with Gasteiger partial charge in [-0.05, 0) is 49.2 Å². The third kappa shape index (κ3) is 3.96. The Kier molecular flexibility index (Phi) is 5.60. The van der Waals surface area contributed by atoms with Gasteiger partial charge >= 0.3 is 0 Å². The molecule has 7 heteroatoms. The molecule has 0 spiro atoms. The van der Waals surface area contributed by atoms with Crippen molar-refractivity contribution in [3.05, 3.63) is 105 Å². The molecule has 4 rings (SSSR count). The van der Waals surface area contributed by atoms with Crippen LogP contribution in [0, 0.1) is 13.8 Å². The number of aryl methyl sites for hydroxylation is 1. The normalized spacial score (nSPS) is 16.3. The number of carbonyl (C=O) groups excluding carboxylic acids is 1. The number of allylic oxidation sites excluding steroid dienone is 1. The van der Waals surface area contributed by atoms with E-state index in [1.54, 1.807) is 42.5 Å². The minimum Gasteiger partial charge on any atom is -0.360 e. The molecule has 0 fully saturated rings. The fourth-order valence-electron chi connectivity index (χ4n) is 3.57. The van der Waals surface area contributed by atoms with Crippen LogP contribution in [0.1, 0.15) is 27.0 Å². The predicted octanol–water partition coefficient (Wildman–Crippen LogP) is 5.44. The highest BCUT2D eigenvalue weighted by Crippen LogP contribution is 2.36. The van der Waals surface area contributed by atoms with Gasteiger partial charge in [-0.25, -0.2) is 8.42 Å². The molecular formula is C24H21ClN2O3S. The summed E-state index contributed by atoms with van der Waals surface area (Å²) < 4.78 is 28.3. The summed E-state index contributed by atoms with van der Waals surface area (Å²) in [6.45, 7) is 3.90. The quantitative estimate of drug-likeness (QED) is 0.535. The second-order valence-electron chi connectivity index (χ2n) is 7.41. The van der Waals surface area contributed by atoms with Crippen LogP contribution in [0.4, 0.5) is 11.4 Å². The number of para-hydroxylation sites is 1. The molecule has 31 heavy (non-hydrogen) atoms. The third-order valence-corrected chi connectivity index (χ3v) is 7.42. The molecule has 1 aliphatic rings. The first kappa shape index (κ1) is 21.2. The number of hydrogen-bond donors (Lipinski definition) is 1. The van der Waals surface area contributed by atoms with Crippen LogP contribution in [0.5, 0.6) is 0 Å². The molecule has 0 aromatic heterocycles. The van der Waals surface area contributed by atoms with Gasteiger partial charge in [-0.3, -0.25) is 9.10 Å². The first-order chi connectivity index (χ1) is 14.8. The van der Waals surface area contributed by atoms with E-state index >= 15 is 0 Å². The van der Waals surface area contributed by atoms with Crippen LogP contribution in [-0.2, 0) is 16.6 Å². The molecule has 0 radical (unpaired) electrons. The van der Waals surface area contributed by atoms with Crippen LogP contribution in [-0.4, -0.2) is 14.2 Å². The summed E-state index contributed by atoms with van der Waals surface area (Å²) >= 11 is 6.16. The van der Waals surface area contributed by atoms with Crippen LogP contribution in [0.3, 0.4) is 0 Å². The van der Waals surface area contributed by atoms with Crippen molar-refractivity contribution in [2.24, 2.45) is 0 Å². The van der Waals surface area contributed by atoms with Gasteiger partial charge in [0.1, 0.15) is 0 Å². The molecule has 1 aliphatic heterocycles. The highest BCUT2D eigenvalue weighted by Gasteiger charge is 2.40. The molecule has 158 valence electrons. The maximum Gasteiger partial charge on any atom is 0.270 e. The van der Waals surface area contributed by atoms with Crippen molar-refractivity contribution in [1.82, 2.24) is 0 Å². The zero-order valence-corrected chi connectivity index (χ0v) is 18.7. The van der Waals surface area contributed by atoms with Crippen molar-refractivity contribution in [3.8, 4) is 0 Å². The van der Waals surface area contributed by atoms with E-state index in [-0.39, 0.29) is 11.4 Å². The van der Waals surface area contributed by atoms with Gasteiger partial charge in [-0.1, -0.05) is 59.6 Å². The number of halogens is 1. The maximum atomic E-state index is 13.5. The Balaban J connectivity index is 1.80. The summed E-state index contributed by atoms with van der Waals surface area (Å²) in [6.07, 6.45) is 1.26. The second-order valence-corrected chi connectivity index (χ2v) is 9.65. The van der Waals surface area contributed by atoms with Crippen molar-refractivity contribution in [2.75, 3.05) is 9.62 Å². The number of rotatable bonds is 4. The molecule has 0 atom stereocenters. The molecule has 3 aromatic rings. The topological polar surface area (TPSA) is 66.5 Å². The SMILES string of the molecule is Cc1cccc(CN2c3ccccc3C(=O)/C(=C\Nc3cccc(Cl)c3C)S2(=O)=O)c1. The molecule has 1 N–H and O–H groups in total. The number of nitrogens with zero attached hydrogens (tertiary/aromatic N) is 1. The Bertz CT molecular complexity index is 1320. The molecular weight excluding hydrogens is 432 g/mol. The lowest BCUT2D eigenvalue weighted by Gasteiger charge is -2.31. The van der Waals surface area contributed by atoms with E-state index in [4.69, 9.17) is 11.6 Å². The highest BCUT2D eigenvalue weighted by molar-refractivity contribution is 7.97. The number of hydrogen-bond acceptors (Lipinski definition) is 4. The number of nitrogens with one attached hydrogen (secondary N) is 1. The van der Waals surface area contributed by atoms with Crippen molar-refractivity contribution in [3.63, 3.8) is 0 Å². The first-order valence-corrected chi connectivity index (χ1v) is 11.5. The summed E-state index contributed by atoms with van der Waals surface area (Å²) in [4.78, 5) is 12.8. The average molecular weight is 453 g/mol. The van der Waals surface area contributed by atoms with E-state index in [0.29, 0.717) is 22.0 Å². The standard InChI is InChI=1S/C24H21ClN2O3S/c1-16-7-5-8-18(13-16)15-27-22-12-4-3-9-19(22)24(28)23(31(27,29)30)14-26-21-11-6-10-20(25)17(21)2/h3-14,26H,15H2,1-2H3/b23-14+. The van der Waals surface area contributed by atoms with Gasteiger partial charge in [0.25, 0.3) is 10.0 Å². The average Bonchev–Trinajstić information content (AvgIpc) is 2.74. The second kappa shape index (κ2) is 8.21. The van der Waals surface area contributed by atoms with Crippen LogP contribution in [0.2, 0.25) is 5.02 Å². The van der Waals surface area contributed by atoms with E-state index in [0.717, 1.165) is 16.7 Å². The Morgan fingerprint density at radius 1 is 1.00 bits per heavy atom. The highest BCUT2D eigenvalue weighted by atomic mass is 35.5. The van der Waals surface area contributed by atoms with Crippen molar-refractivity contribution >= 4 is 38.8 Å². The lowest BCUT2D eigenvalue weighted by Crippen LogP contribution is -2.39. The fourth-order valence-corrected chi connectivity index (χ4v) is 5.28. The van der Waals surface area contributed by atoms with Crippen LogP contribution in [0.15, 0.2) is 77.8 Å². The molecule has 5 nitrogen and oxygen atoms in total. The summed E-state index contributed by atoms with van der Waals surface area (Å²) in [7, 11) is -4.08. The summed E-state index contributed by atoms with van der Waals surface area (Å²) in [5.74, 6) is -0.539. The molecule has 1 heterocycles. The van der Waals surface area contributed by atoms with Gasteiger partial charge in [0, 0.05) is 22.5 Å². The summed E-state index contributed by atoms with van der Waals surface area (Å²) in [5.41, 5.74) is 3.99. The third-order valence-electron chi connectivity index (χ3n) is 5.24. The maximum absolute atomic E-state index is 13.5. The molecule has 0 aliphatic carbocycles. The van der Waals surface area contributed by atoms with Crippen molar-refractivity contribution in [2.45, 2.75) is 20.4 Å². The van der Waals surface area contributed by atoms with Crippen molar-refractivity contribution < 1.29 is 13.2 Å². The number of anilines is 2. The number of ketones is 1. The minimum atomic E-state index is -4.08. The number of carbonyl (C=O) groups is 1. The summed E-state index contributed by atoms with van der Waals surface area (Å²) in [5, 5.41) is 3.51. The van der Waals surface area contributed by atoms with Crippen LogP contribution < -0.4 is 9.62 Å². The van der Waals surface area contributed by atoms with Gasteiger partial charge in [0.05, 0.1) is 12.2 Å². The molecule has 0 saturated heterocycles. The Labute approximate surface area is 187 Å². The lowest BCUT2D eigenvalue weighted by molar-refractivity contribution is 0.104. The van der Waals surface area contributed by atoms with E-state index < -0.39 is 15.8 Å². The number of Topliss-reactive ketones (excluding diaryl/α,β-unsaturated/α-hetero) is 1. The Morgan fingerprint density at radius 2 is 1.74 bits per heavy atom. The number of benzene rings is 3. The zero-order valence-electron chi connectivity index (χ0n) is 17.1. The minimum absolute atomic E-state index is 0.127. The smallest absolute Gasteiger partial charge is 0.270 e. The lowest BCUT2D eigenvalue weighted by atomic mass is 10.1. The van der Waals surface area contributed by atoms with E-state index in [9.17, 15) is 13.2 Å². The first-order valence-electron chi connectivity index (χ1n) is 9.73. The fraction of sp³-hybridized carbons (Fsp3) is 0.125. The largest absolute Gasteiger partial charge is 0.360 e. The van der Waals surface area contributed by atoms with Gasteiger partial charge < -0.3 is 5.32 Å². The molecule has 0 bridgehead atoms. The van der Waals surface area contributed by atoms with Gasteiger partial charge in [0.2, 0.25) is 5.78 Å². The molecule has 0 saturated carbocycles.